The number of aromatic nitrogens is 1. The summed E-state index contributed by atoms with van der Waals surface area (Å²) in [5.41, 5.74) is 18.6. The first kappa shape index (κ1) is 36.8. The van der Waals surface area contributed by atoms with Crippen LogP contribution in [0.2, 0.25) is 0 Å². The van der Waals surface area contributed by atoms with Crippen LogP contribution in [0.25, 0.3) is 83.1 Å². The highest BCUT2D eigenvalue weighted by molar-refractivity contribution is 6.12. The van der Waals surface area contributed by atoms with Crippen LogP contribution < -0.4 is 4.90 Å². The van der Waals surface area contributed by atoms with Gasteiger partial charge in [0.25, 0.3) is 0 Å². The molecule has 0 N–H and O–H groups in total. The zero-order chi connectivity index (χ0) is 41.2. The average molecular weight is 791 g/mol. The number of hydrogen-bond donors (Lipinski definition) is 0. The summed E-state index contributed by atoms with van der Waals surface area (Å²) in [5.74, 6) is 0. The van der Waals surface area contributed by atoms with Crippen molar-refractivity contribution in [2.75, 3.05) is 4.90 Å². The summed E-state index contributed by atoms with van der Waals surface area (Å²) in [7, 11) is 0. The Hall–Kier alpha value is -8.20. The van der Waals surface area contributed by atoms with Gasteiger partial charge in [0.15, 0.2) is 0 Å². The quantitative estimate of drug-likeness (QED) is 0.141. The van der Waals surface area contributed by atoms with E-state index in [9.17, 15) is 0 Å². The van der Waals surface area contributed by atoms with Crippen LogP contribution in [0.15, 0.2) is 255 Å². The topological polar surface area (TPSA) is 8.17 Å². The highest BCUT2D eigenvalue weighted by atomic mass is 15.1. The van der Waals surface area contributed by atoms with Crippen molar-refractivity contribution in [1.29, 1.82) is 0 Å². The minimum Gasteiger partial charge on any atom is -0.310 e. The van der Waals surface area contributed by atoms with E-state index in [-0.39, 0.29) is 0 Å². The summed E-state index contributed by atoms with van der Waals surface area (Å²) in [5, 5.41) is 2.45. The number of nitrogens with zero attached hydrogens (tertiary/aromatic N) is 2. The Balaban J connectivity index is 1.10. The number of para-hydroxylation sites is 2. The van der Waals surface area contributed by atoms with E-state index in [2.05, 4.69) is 264 Å². The van der Waals surface area contributed by atoms with Crippen LogP contribution >= 0.6 is 0 Å². The molecule has 11 aromatic rings. The Bertz CT molecular complexity index is 3120. The molecule has 1 heterocycles. The monoisotopic (exact) mass is 790 g/mol. The van der Waals surface area contributed by atoms with Gasteiger partial charge in [0, 0.05) is 33.3 Å². The van der Waals surface area contributed by atoms with Crippen LogP contribution in [-0.2, 0) is 0 Å². The van der Waals surface area contributed by atoms with Gasteiger partial charge >= 0.3 is 0 Å². The van der Waals surface area contributed by atoms with Crippen LogP contribution in [-0.4, -0.2) is 4.57 Å². The summed E-state index contributed by atoms with van der Waals surface area (Å²) in [4.78, 5) is 2.40. The molecule has 0 amide bonds. The number of benzene rings is 10. The first-order chi connectivity index (χ1) is 30.8. The summed E-state index contributed by atoms with van der Waals surface area (Å²) in [6.07, 6.45) is 0. The Morgan fingerprint density at radius 2 is 0.597 bits per heavy atom. The Morgan fingerprint density at radius 3 is 1.05 bits per heavy atom. The molecule has 2 heteroatoms. The van der Waals surface area contributed by atoms with Crippen molar-refractivity contribution in [3.8, 4) is 61.3 Å². The maximum Gasteiger partial charge on any atom is 0.0541 e. The predicted octanol–water partition coefficient (Wildman–Crippen LogP) is 16.6. The first-order valence-corrected chi connectivity index (χ1v) is 21.3. The number of rotatable bonds is 9. The second kappa shape index (κ2) is 16.1. The van der Waals surface area contributed by atoms with E-state index in [0.29, 0.717) is 0 Å². The molecule has 1 aromatic heterocycles. The molecule has 11 rings (SSSR count). The van der Waals surface area contributed by atoms with Crippen molar-refractivity contribution in [1.82, 2.24) is 4.57 Å². The van der Waals surface area contributed by atoms with Crippen LogP contribution in [0.1, 0.15) is 0 Å². The van der Waals surface area contributed by atoms with E-state index in [0.717, 1.165) is 33.9 Å². The molecular weight excluding hydrogens is 749 g/mol. The predicted molar refractivity (Wildman–Crippen MR) is 263 cm³/mol. The molecule has 0 fully saturated rings. The molecule has 0 bridgehead atoms. The zero-order valence-corrected chi connectivity index (χ0v) is 34.1. The van der Waals surface area contributed by atoms with Gasteiger partial charge in [-0.2, -0.15) is 0 Å². The molecule has 62 heavy (non-hydrogen) atoms. The molecule has 2 nitrogen and oxygen atoms in total. The van der Waals surface area contributed by atoms with Gasteiger partial charge in [-0.3, -0.25) is 0 Å². The van der Waals surface area contributed by atoms with Gasteiger partial charge in [-0.1, -0.05) is 194 Å². The van der Waals surface area contributed by atoms with Gasteiger partial charge in [-0.25, -0.2) is 0 Å². The van der Waals surface area contributed by atoms with E-state index in [4.69, 9.17) is 0 Å². The van der Waals surface area contributed by atoms with Crippen molar-refractivity contribution >= 4 is 38.9 Å². The normalized spacial score (nSPS) is 11.2. The summed E-state index contributed by atoms with van der Waals surface area (Å²) in [6.45, 7) is 0. The summed E-state index contributed by atoms with van der Waals surface area (Å²) < 4.78 is 2.47. The first-order valence-electron chi connectivity index (χ1n) is 21.3. The van der Waals surface area contributed by atoms with Gasteiger partial charge in [0.05, 0.1) is 22.4 Å². The van der Waals surface area contributed by atoms with Gasteiger partial charge in [-0.15, -0.1) is 0 Å². The fraction of sp³-hybridized carbons (Fsp3) is 0. The van der Waals surface area contributed by atoms with Crippen LogP contribution in [0.4, 0.5) is 17.1 Å². The molecule has 0 atom stereocenters. The van der Waals surface area contributed by atoms with Gasteiger partial charge in [-0.05, 0) is 105 Å². The molecule has 292 valence electrons. The Morgan fingerprint density at radius 1 is 0.258 bits per heavy atom. The molecule has 0 saturated heterocycles. The molecule has 0 spiro atoms. The molecular formula is C60H42N2. The molecule has 10 aromatic carbocycles. The maximum absolute atomic E-state index is 2.47. The van der Waals surface area contributed by atoms with Crippen molar-refractivity contribution in [2.24, 2.45) is 0 Å². The van der Waals surface area contributed by atoms with E-state index in [1.54, 1.807) is 0 Å². The maximum atomic E-state index is 2.47. The van der Waals surface area contributed by atoms with Crippen LogP contribution in [0.3, 0.4) is 0 Å². The van der Waals surface area contributed by atoms with Crippen molar-refractivity contribution in [3.05, 3.63) is 255 Å². The largest absolute Gasteiger partial charge is 0.310 e. The SMILES string of the molecule is c1ccc(-c2ccc(N(c3ccc(-c4ccccc4)cc3)c3ccccc3-c3ccccc3-n3c4ccc(-c5ccccc5)cc4c4cc(-c5ccccc5)ccc43)cc2)cc1. The van der Waals surface area contributed by atoms with Crippen molar-refractivity contribution < 1.29 is 0 Å². The Kier molecular flexibility index (Phi) is 9.57. The second-order valence-corrected chi connectivity index (χ2v) is 15.7. The summed E-state index contributed by atoms with van der Waals surface area (Å²) in [6, 6.07) is 92.1. The van der Waals surface area contributed by atoms with Gasteiger partial charge in [0.2, 0.25) is 0 Å². The fourth-order valence-electron chi connectivity index (χ4n) is 8.99. The van der Waals surface area contributed by atoms with E-state index in [1.807, 2.05) is 0 Å². The summed E-state index contributed by atoms with van der Waals surface area (Å²) >= 11 is 0. The number of hydrogen-bond acceptors (Lipinski definition) is 1. The van der Waals surface area contributed by atoms with Crippen LogP contribution in [0.5, 0.6) is 0 Å². The van der Waals surface area contributed by atoms with E-state index in [1.165, 1.54) is 66.3 Å². The lowest BCUT2D eigenvalue weighted by atomic mass is 9.98. The molecule has 0 aliphatic carbocycles. The third-order valence-corrected chi connectivity index (χ3v) is 12.0. The highest BCUT2D eigenvalue weighted by Crippen LogP contribution is 2.45. The standard InChI is InChI=1S/C60H42N2/c1-5-17-43(18-6-1)47-29-35-51(36-30-47)61(52-37-31-48(32-38-52)44-19-7-2-8-20-44)57-27-15-13-25-53(57)54-26-14-16-28-58(54)62-59-39-33-49(45-21-9-3-10-22-45)41-55(59)56-42-50(34-40-60(56)62)46-23-11-4-12-24-46/h1-42H. The third-order valence-electron chi connectivity index (χ3n) is 12.0. The lowest BCUT2D eigenvalue weighted by Crippen LogP contribution is -2.11. The Labute approximate surface area is 362 Å². The van der Waals surface area contributed by atoms with E-state index >= 15 is 0 Å². The molecule has 0 saturated carbocycles. The highest BCUT2D eigenvalue weighted by Gasteiger charge is 2.22. The number of fused-ring (bicyclic) bond motifs is 3. The van der Waals surface area contributed by atoms with E-state index < -0.39 is 0 Å². The minimum atomic E-state index is 1.08. The molecule has 0 aliphatic heterocycles. The molecule has 0 aliphatic rings. The second-order valence-electron chi connectivity index (χ2n) is 15.7. The third kappa shape index (κ3) is 6.84. The van der Waals surface area contributed by atoms with Crippen LogP contribution in [0, 0.1) is 0 Å². The lowest BCUT2D eigenvalue weighted by Gasteiger charge is -2.29. The van der Waals surface area contributed by atoms with Gasteiger partial charge < -0.3 is 9.47 Å². The van der Waals surface area contributed by atoms with Crippen molar-refractivity contribution in [2.45, 2.75) is 0 Å². The lowest BCUT2D eigenvalue weighted by molar-refractivity contribution is 1.18. The average Bonchev–Trinajstić information content (AvgIpc) is 3.68. The molecule has 0 unspecified atom stereocenters. The van der Waals surface area contributed by atoms with Crippen molar-refractivity contribution in [3.63, 3.8) is 0 Å². The minimum absolute atomic E-state index is 1.08. The fourth-order valence-corrected chi connectivity index (χ4v) is 8.99. The smallest absolute Gasteiger partial charge is 0.0541 e. The van der Waals surface area contributed by atoms with Gasteiger partial charge in [0.1, 0.15) is 0 Å². The number of anilines is 3. The molecule has 0 radical (unpaired) electrons. The zero-order valence-electron chi connectivity index (χ0n) is 34.1.